The first-order chi connectivity index (χ1) is 8.95. The summed E-state index contributed by atoms with van der Waals surface area (Å²) in [5.74, 6) is -0.485. The Hall–Kier alpha value is -2.30. The first-order valence-electron chi connectivity index (χ1n) is 6.20. The molecule has 0 saturated heterocycles. The number of nitrogens with two attached hydrogens (primary N) is 2. The molecule has 0 saturated carbocycles. The van der Waals surface area contributed by atoms with E-state index >= 15 is 0 Å². The number of nitrogen functional groups attached to an aromatic ring is 1. The molecule has 5 nitrogen and oxygen atoms in total. The van der Waals surface area contributed by atoms with Crippen LogP contribution in [0, 0.1) is 13.8 Å². The Morgan fingerprint density at radius 3 is 2.53 bits per heavy atom. The summed E-state index contributed by atoms with van der Waals surface area (Å²) in [6.45, 7) is 6.09. The van der Waals surface area contributed by atoms with Crippen LogP contribution in [0.15, 0.2) is 18.2 Å². The van der Waals surface area contributed by atoms with Gasteiger partial charge in [0.15, 0.2) is 0 Å². The van der Waals surface area contributed by atoms with Crippen LogP contribution in [0.4, 0.5) is 5.69 Å². The van der Waals surface area contributed by atoms with Gasteiger partial charge in [0.25, 0.3) is 0 Å². The summed E-state index contributed by atoms with van der Waals surface area (Å²) >= 11 is 0. The van der Waals surface area contributed by atoms with Gasteiger partial charge in [0.1, 0.15) is 0 Å². The zero-order valence-corrected chi connectivity index (χ0v) is 11.4. The number of hydrogen-bond acceptors (Lipinski definition) is 3. The monoisotopic (exact) mass is 258 g/mol. The molecule has 0 atom stereocenters. The van der Waals surface area contributed by atoms with Gasteiger partial charge in [-0.2, -0.15) is 5.10 Å². The van der Waals surface area contributed by atoms with Gasteiger partial charge in [-0.15, -0.1) is 0 Å². The second kappa shape index (κ2) is 4.76. The lowest BCUT2D eigenvalue weighted by molar-refractivity contribution is 0.100. The van der Waals surface area contributed by atoms with E-state index in [1.165, 1.54) is 5.56 Å². The maximum Gasteiger partial charge on any atom is 0.248 e. The number of primary amides is 1. The molecule has 0 aliphatic carbocycles. The first-order valence-corrected chi connectivity index (χ1v) is 6.20. The summed E-state index contributed by atoms with van der Waals surface area (Å²) in [5.41, 5.74) is 16.2. The number of carbonyl (C=O) groups excluding carboxylic acids is 1. The molecule has 2 aromatic rings. The summed E-state index contributed by atoms with van der Waals surface area (Å²) in [6, 6.07) is 5.02. The Labute approximate surface area is 112 Å². The van der Waals surface area contributed by atoms with Crippen molar-refractivity contribution in [2.45, 2.75) is 27.2 Å². The van der Waals surface area contributed by atoms with E-state index in [9.17, 15) is 4.79 Å². The quantitative estimate of drug-likeness (QED) is 0.822. The number of benzene rings is 1. The standard InChI is InChI=1S/C14H18N4O/c1-4-11-8(2)17-18(9(11)3)13-6-5-10(14(16)19)7-12(13)15/h5-7H,4,15H2,1-3H3,(H2,16,19). The van der Waals surface area contributed by atoms with Crippen LogP contribution in [-0.2, 0) is 6.42 Å². The molecule has 4 N–H and O–H groups in total. The number of rotatable bonds is 3. The first kappa shape index (κ1) is 13.1. The molecule has 100 valence electrons. The van der Waals surface area contributed by atoms with Gasteiger partial charge in [0.2, 0.25) is 5.91 Å². The van der Waals surface area contributed by atoms with Crippen LogP contribution in [0.5, 0.6) is 0 Å². The molecule has 1 heterocycles. The van der Waals surface area contributed by atoms with Crippen LogP contribution in [0.25, 0.3) is 5.69 Å². The maximum absolute atomic E-state index is 11.1. The zero-order chi connectivity index (χ0) is 14.2. The fourth-order valence-electron chi connectivity index (χ4n) is 2.32. The average Bonchev–Trinajstić information content (AvgIpc) is 2.64. The van der Waals surface area contributed by atoms with E-state index in [2.05, 4.69) is 12.0 Å². The number of aryl methyl sites for hydroxylation is 1. The van der Waals surface area contributed by atoms with Crippen molar-refractivity contribution in [2.24, 2.45) is 5.73 Å². The molecule has 0 unspecified atom stereocenters. The van der Waals surface area contributed by atoms with Crippen molar-refractivity contribution >= 4 is 11.6 Å². The lowest BCUT2D eigenvalue weighted by atomic mass is 10.1. The summed E-state index contributed by atoms with van der Waals surface area (Å²) < 4.78 is 1.81. The van der Waals surface area contributed by atoms with Crippen molar-refractivity contribution in [2.75, 3.05) is 5.73 Å². The molecule has 5 heteroatoms. The number of anilines is 1. The van der Waals surface area contributed by atoms with Crippen molar-refractivity contribution in [3.05, 3.63) is 40.7 Å². The molecule has 1 amide bonds. The molecule has 0 radical (unpaired) electrons. The second-order valence-electron chi connectivity index (χ2n) is 4.55. The van der Waals surface area contributed by atoms with E-state index in [0.717, 1.165) is 23.5 Å². The van der Waals surface area contributed by atoms with E-state index < -0.39 is 5.91 Å². The van der Waals surface area contributed by atoms with E-state index in [4.69, 9.17) is 11.5 Å². The Morgan fingerprint density at radius 1 is 1.37 bits per heavy atom. The molecule has 0 spiro atoms. The van der Waals surface area contributed by atoms with Gasteiger partial charge in [0.05, 0.1) is 17.1 Å². The van der Waals surface area contributed by atoms with Gasteiger partial charge in [-0.1, -0.05) is 6.92 Å². The Morgan fingerprint density at radius 2 is 2.05 bits per heavy atom. The Balaban J connectivity index is 2.57. The van der Waals surface area contributed by atoms with Gasteiger partial charge >= 0.3 is 0 Å². The third kappa shape index (κ3) is 2.19. The van der Waals surface area contributed by atoms with Crippen LogP contribution >= 0.6 is 0 Å². The molecule has 2 rings (SSSR count). The van der Waals surface area contributed by atoms with Crippen molar-refractivity contribution < 1.29 is 4.79 Å². The fourth-order valence-corrected chi connectivity index (χ4v) is 2.32. The summed E-state index contributed by atoms with van der Waals surface area (Å²) in [6.07, 6.45) is 0.928. The highest BCUT2D eigenvalue weighted by atomic mass is 16.1. The normalized spacial score (nSPS) is 10.7. The summed E-state index contributed by atoms with van der Waals surface area (Å²) in [5, 5.41) is 4.51. The van der Waals surface area contributed by atoms with Gasteiger partial charge < -0.3 is 11.5 Å². The number of hydrogen-bond donors (Lipinski definition) is 2. The Bertz CT molecular complexity index is 643. The van der Waals surface area contributed by atoms with Crippen LogP contribution in [0.2, 0.25) is 0 Å². The highest BCUT2D eigenvalue weighted by Gasteiger charge is 2.13. The van der Waals surface area contributed by atoms with Crippen molar-refractivity contribution in [3.8, 4) is 5.69 Å². The van der Waals surface area contributed by atoms with Gasteiger partial charge in [-0.3, -0.25) is 4.79 Å². The lowest BCUT2D eigenvalue weighted by Crippen LogP contribution is -2.12. The van der Waals surface area contributed by atoms with Crippen LogP contribution in [-0.4, -0.2) is 15.7 Å². The molecular weight excluding hydrogens is 240 g/mol. The topological polar surface area (TPSA) is 86.9 Å². The highest BCUT2D eigenvalue weighted by molar-refractivity contribution is 5.94. The molecule has 0 aliphatic rings. The molecule has 1 aromatic carbocycles. The van der Waals surface area contributed by atoms with Gasteiger partial charge in [0, 0.05) is 11.3 Å². The minimum Gasteiger partial charge on any atom is -0.397 e. The van der Waals surface area contributed by atoms with E-state index in [0.29, 0.717) is 11.3 Å². The van der Waals surface area contributed by atoms with E-state index in [-0.39, 0.29) is 0 Å². The third-order valence-corrected chi connectivity index (χ3v) is 3.33. The van der Waals surface area contributed by atoms with Gasteiger partial charge in [-0.25, -0.2) is 4.68 Å². The third-order valence-electron chi connectivity index (χ3n) is 3.33. The lowest BCUT2D eigenvalue weighted by Gasteiger charge is -2.09. The SMILES string of the molecule is CCc1c(C)nn(-c2ccc(C(N)=O)cc2N)c1C. The summed E-state index contributed by atoms with van der Waals surface area (Å²) in [7, 11) is 0. The smallest absolute Gasteiger partial charge is 0.248 e. The number of amides is 1. The van der Waals surface area contributed by atoms with Crippen LogP contribution in [0.3, 0.4) is 0 Å². The highest BCUT2D eigenvalue weighted by Crippen LogP contribution is 2.23. The molecule has 0 aliphatic heterocycles. The Kier molecular flexibility index (Phi) is 3.29. The number of carbonyl (C=O) groups is 1. The predicted molar refractivity (Wildman–Crippen MR) is 75.3 cm³/mol. The molecule has 19 heavy (non-hydrogen) atoms. The molecular formula is C14H18N4O. The second-order valence-corrected chi connectivity index (χ2v) is 4.55. The van der Waals surface area contributed by atoms with Crippen molar-refractivity contribution in [1.29, 1.82) is 0 Å². The number of nitrogens with zero attached hydrogens (tertiary/aromatic N) is 2. The van der Waals surface area contributed by atoms with Crippen molar-refractivity contribution in [3.63, 3.8) is 0 Å². The largest absolute Gasteiger partial charge is 0.397 e. The molecule has 0 fully saturated rings. The molecule has 0 bridgehead atoms. The van der Waals surface area contributed by atoms with Crippen LogP contribution in [0.1, 0.15) is 34.2 Å². The minimum atomic E-state index is -0.485. The fraction of sp³-hybridized carbons (Fsp3) is 0.286. The minimum absolute atomic E-state index is 0.401. The van der Waals surface area contributed by atoms with E-state index in [1.54, 1.807) is 18.2 Å². The van der Waals surface area contributed by atoms with Crippen LogP contribution < -0.4 is 11.5 Å². The molecule has 1 aromatic heterocycles. The van der Waals surface area contributed by atoms with Crippen molar-refractivity contribution in [1.82, 2.24) is 9.78 Å². The number of aromatic nitrogens is 2. The summed E-state index contributed by atoms with van der Waals surface area (Å²) in [4.78, 5) is 11.1. The zero-order valence-electron chi connectivity index (χ0n) is 11.4. The predicted octanol–water partition coefficient (Wildman–Crippen LogP) is 1.73. The average molecular weight is 258 g/mol. The maximum atomic E-state index is 11.1. The van der Waals surface area contributed by atoms with E-state index in [1.807, 2.05) is 18.5 Å². The van der Waals surface area contributed by atoms with Gasteiger partial charge in [-0.05, 0) is 44.0 Å².